The van der Waals surface area contributed by atoms with E-state index >= 15 is 0 Å². The highest BCUT2D eigenvalue weighted by atomic mass is 15.2. The van der Waals surface area contributed by atoms with Crippen LogP contribution in [0.2, 0.25) is 0 Å². The van der Waals surface area contributed by atoms with Crippen LogP contribution in [0.1, 0.15) is 64.7 Å². The first-order chi connectivity index (χ1) is 8.24. The lowest BCUT2D eigenvalue weighted by Gasteiger charge is -2.42. The molecule has 0 aromatic rings. The largest absolute Gasteiger partial charge is 0.328 e. The molecule has 2 heterocycles. The Kier molecular flexibility index (Phi) is 3.45. The second-order valence-corrected chi connectivity index (χ2v) is 6.83. The number of hydrogen-bond donors (Lipinski definition) is 1. The van der Waals surface area contributed by atoms with Gasteiger partial charge in [0, 0.05) is 24.2 Å². The monoisotopic (exact) mass is 236 g/mol. The Hall–Kier alpha value is -0.0800. The molecule has 0 amide bonds. The van der Waals surface area contributed by atoms with E-state index in [9.17, 15) is 0 Å². The Labute approximate surface area is 106 Å². The molecule has 2 bridgehead atoms. The summed E-state index contributed by atoms with van der Waals surface area (Å²) in [6.07, 6.45) is 12.6. The zero-order valence-corrected chi connectivity index (χ0v) is 11.3. The Balaban J connectivity index is 1.68. The van der Waals surface area contributed by atoms with Crippen molar-refractivity contribution in [2.24, 2.45) is 11.7 Å². The summed E-state index contributed by atoms with van der Waals surface area (Å²) < 4.78 is 0. The zero-order valence-electron chi connectivity index (χ0n) is 11.3. The molecule has 3 fully saturated rings. The maximum Gasteiger partial charge on any atom is 0.0116 e. The quantitative estimate of drug-likeness (QED) is 0.709. The van der Waals surface area contributed by atoms with Gasteiger partial charge >= 0.3 is 0 Å². The lowest BCUT2D eigenvalue weighted by molar-refractivity contribution is 0.0688. The molecule has 1 aliphatic carbocycles. The second-order valence-electron chi connectivity index (χ2n) is 6.83. The number of hydrogen-bond acceptors (Lipinski definition) is 2. The standard InChI is InChI=1S/C15H28N2/c1-11-3-2-4-13(6-5-11)17-14-7-8-15(17)10-12(16)9-14/h11-15H,2-10,16H2,1H3. The molecule has 98 valence electrons. The summed E-state index contributed by atoms with van der Waals surface area (Å²) in [6.45, 7) is 2.43. The van der Waals surface area contributed by atoms with E-state index < -0.39 is 0 Å². The predicted octanol–water partition coefficient (Wildman–Crippen LogP) is 2.91. The highest BCUT2D eigenvalue weighted by Crippen LogP contribution is 2.40. The third kappa shape index (κ3) is 2.39. The highest BCUT2D eigenvalue weighted by molar-refractivity contribution is 4.99. The van der Waals surface area contributed by atoms with Crippen LogP contribution >= 0.6 is 0 Å². The van der Waals surface area contributed by atoms with E-state index in [1.807, 2.05) is 0 Å². The van der Waals surface area contributed by atoms with E-state index in [-0.39, 0.29) is 0 Å². The van der Waals surface area contributed by atoms with E-state index in [2.05, 4.69) is 11.8 Å². The molecule has 3 aliphatic rings. The molecule has 0 spiro atoms. The molecule has 0 aromatic carbocycles. The third-order valence-corrected chi connectivity index (χ3v) is 5.47. The van der Waals surface area contributed by atoms with Gasteiger partial charge in [0.2, 0.25) is 0 Å². The molecule has 3 rings (SSSR count). The van der Waals surface area contributed by atoms with Gasteiger partial charge in [0.1, 0.15) is 0 Å². The molecule has 2 aliphatic heterocycles. The lowest BCUT2D eigenvalue weighted by atomic mass is 9.93. The van der Waals surface area contributed by atoms with Crippen LogP contribution in [0.25, 0.3) is 0 Å². The molecule has 4 unspecified atom stereocenters. The Morgan fingerprint density at radius 3 is 2.18 bits per heavy atom. The average molecular weight is 236 g/mol. The van der Waals surface area contributed by atoms with Crippen molar-refractivity contribution in [2.75, 3.05) is 0 Å². The summed E-state index contributed by atoms with van der Waals surface area (Å²) in [5.41, 5.74) is 6.17. The fourth-order valence-electron chi connectivity index (χ4n) is 4.62. The molecule has 0 aromatic heterocycles. The van der Waals surface area contributed by atoms with Crippen molar-refractivity contribution in [2.45, 2.75) is 88.9 Å². The van der Waals surface area contributed by atoms with Gasteiger partial charge in [0.15, 0.2) is 0 Å². The molecular weight excluding hydrogens is 208 g/mol. The van der Waals surface area contributed by atoms with Crippen molar-refractivity contribution in [3.8, 4) is 0 Å². The molecule has 2 heteroatoms. The summed E-state index contributed by atoms with van der Waals surface area (Å²) in [6, 6.07) is 3.06. The predicted molar refractivity (Wildman–Crippen MR) is 71.9 cm³/mol. The molecule has 17 heavy (non-hydrogen) atoms. The maximum atomic E-state index is 6.17. The summed E-state index contributed by atoms with van der Waals surface area (Å²) >= 11 is 0. The van der Waals surface area contributed by atoms with Gasteiger partial charge in [-0.2, -0.15) is 0 Å². The number of piperidine rings is 1. The van der Waals surface area contributed by atoms with Crippen molar-refractivity contribution >= 4 is 0 Å². The average Bonchev–Trinajstić information content (AvgIpc) is 2.50. The van der Waals surface area contributed by atoms with E-state index in [0.29, 0.717) is 6.04 Å². The van der Waals surface area contributed by atoms with E-state index in [1.54, 1.807) is 0 Å². The fraction of sp³-hybridized carbons (Fsp3) is 1.00. The van der Waals surface area contributed by atoms with Crippen LogP contribution in [0.5, 0.6) is 0 Å². The first kappa shape index (κ1) is 12.0. The summed E-state index contributed by atoms with van der Waals surface area (Å²) in [5, 5.41) is 0. The Bertz CT molecular complexity index is 252. The van der Waals surface area contributed by atoms with E-state index in [0.717, 1.165) is 24.0 Å². The Morgan fingerprint density at radius 2 is 1.47 bits per heavy atom. The number of nitrogens with two attached hydrogens (primary N) is 1. The highest BCUT2D eigenvalue weighted by Gasteiger charge is 2.42. The molecule has 2 N–H and O–H groups in total. The number of fused-ring (bicyclic) bond motifs is 2. The summed E-state index contributed by atoms with van der Waals surface area (Å²) in [7, 11) is 0. The molecular formula is C15H28N2. The van der Waals surface area contributed by atoms with Crippen molar-refractivity contribution < 1.29 is 0 Å². The van der Waals surface area contributed by atoms with Crippen molar-refractivity contribution in [1.29, 1.82) is 0 Å². The first-order valence-electron chi connectivity index (χ1n) is 7.77. The minimum absolute atomic E-state index is 0.494. The molecule has 2 saturated heterocycles. The topological polar surface area (TPSA) is 29.3 Å². The summed E-state index contributed by atoms with van der Waals surface area (Å²) in [4.78, 5) is 2.90. The number of nitrogens with zero attached hydrogens (tertiary/aromatic N) is 1. The zero-order chi connectivity index (χ0) is 11.8. The number of rotatable bonds is 1. The SMILES string of the molecule is CC1CCCC(N2C3CCC2CC(N)C3)CC1. The summed E-state index contributed by atoms with van der Waals surface area (Å²) in [5.74, 6) is 0.963. The maximum absolute atomic E-state index is 6.17. The van der Waals surface area contributed by atoms with E-state index in [4.69, 9.17) is 5.73 Å². The molecule has 1 saturated carbocycles. The van der Waals surface area contributed by atoms with Gasteiger partial charge in [-0.25, -0.2) is 0 Å². The van der Waals surface area contributed by atoms with Crippen molar-refractivity contribution in [1.82, 2.24) is 4.90 Å². The van der Waals surface area contributed by atoms with Gasteiger partial charge in [-0.05, 0) is 50.9 Å². The van der Waals surface area contributed by atoms with Crippen LogP contribution in [0.4, 0.5) is 0 Å². The Morgan fingerprint density at radius 1 is 0.824 bits per heavy atom. The second kappa shape index (κ2) is 4.89. The van der Waals surface area contributed by atoms with Crippen LogP contribution in [0, 0.1) is 5.92 Å². The van der Waals surface area contributed by atoms with Crippen LogP contribution in [0.3, 0.4) is 0 Å². The van der Waals surface area contributed by atoms with Gasteiger partial charge < -0.3 is 5.73 Å². The van der Waals surface area contributed by atoms with Gasteiger partial charge in [0.25, 0.3) is 0 Å². The third-order valence-electron chi connectivity index (χ3n) is 5.47. The van der Waals surface area contributed by atoms with Crippen molar-refractivity contribution in [3.05, 3.63) is 0 Å². The van der Waals surface area contributed by atoms with Crippen LogP contribution in [-0.2, 0) is 0 Å². The molecule has 2 nitrogen and oxygen atoms in total. The minimum Gasteiger partial charge on any atom is -0.328 e. The van der Waals surface area contributed by atoms with Crippen LogP contribution in [-0.4, -0.2) is 29.1 Å². The first-order valence-corrected chi connectivity index (χ1v) is 7.77. The van der Waals surface area contributed by atoms with Gasteiger partial charge in [-0.15, -0.1) is 0 Å². The normalized spacial score (nSPS) is 48.0. The van der Waals surface area contributed by atoms with Crippen LogP contribution < -0.4 is 5.73 Å². The van der Waals surface area contributed by atoms with Gasteiger partial charge in [-0.3, -0.25) is 4.90 Å². The lowest BCUT2D eigenvalue weighted by Crippen LogP contribution is -2.51. The molecule has 0 radical (unpaired) electrons. The van der Waals surface area contributed by atoms with E-state index in [1.165, 1.54) is 57.8 Å². The van der Waals surface area contributed by atoms with Gasteiger partial charge in [0.05, 0.1) is 0 Å². The smallest absolute Gasteiger partial charge is 0.0116 e. The van der Waals surface area contributed by atoms with Crippen LogP contribution in [0.15, 0.2) is 0 Å². The fourth-order valence-corrected chi connectivity index (χ4v) is 4.62. The van der Waals surface area contributed by atoms with Gasteiger partial charge in [-0.1, -0.05) is 19.8 Å². The minimum atomic E-state index is 0.494. The molecule has 4 atom stereocenters. The van der Waals surface area contributed by atoms with Crippen molar-refractivity contribution in [3.63, 3.8) is 0 Å².